The normalized spacial score (nSPS) is 12.5. The highest BCUT2D eigenvalue weighted by molar-refractivity contribution is 8.09. The topological polar surface area (TPSA) is 124 Å². The first-order chi connectivity index (χ1) is 13.6. The molecule has 0 aliphatic heterocycles. The Morgan fingerprint density at radius 3 is 2.07 bits per heavy atom. The van der Waals surface area contributed by atoms with Crippen molar-refractivity contribution in [3.63, 3.8) is 0 Å². The van der Waals surface area contributed by atoms with Gasteiger partial charge in [0.2, 0.25) is 31.5 Å². The van der Waals surface area contributed by atoms with E-state index in [-0.39, 0.29) is 14.9 Å². The van der Waals surface area contributed by atoms with Crippen molar-refractivity contribution in [2.45, 2.75) is 0 Å². The summed E-state index contributed by atoms with van der Waals surface area (Å²) < 4.78 is 51.6. The molecule has 0 spiro atoms. The summed E-state index contributed by atoms with van der Waals surface area (Å²) in [5.74, 6) is -0.472. The maximum Gasteiger partial charge on any atom is 0.355 e. The monoisotopic (exact) mass is 433 g/mol. The summed E-state index contributed by atoms with van der Waals surface area (Å²) >= 11 is 0. The third kappa shape index (κ3) is 3.15. The second kappa shape index (κ2) is 6.39. The van der Waals surface area contributed by atoms with Crippen molar-refractivity contribution in [3.05, 3.63) is 65.1 Å². The van der Waals surface area contributed by atoms with E-state index in [0.717, 1.165) is 21.6 Å². The standard InChI is InChI=1S/C17H15N5O5S2/c1-28(24,25)22(29(2,26)27)15-16-19-21(12-8-4-3-5-9-12)17(23)20(16)14-11-7-6-10-13(14)18-15/h3-11H,1-2H3. The van der Waals surface area contributed by atoms with E-state index < -0.39 is 31.6 Å². The summed E-state index contributed by atoms with van der Waals surface area (Å²) in [5, 5.41) is 4.21. The van der Waals surface area contributed by atoms with Gasteiger partial charge in [-0.1, -0.05) is 30.3 Å². The summed E-state index contributed by atoms with van der Waals surface area (Å²) in [6, 6.07) is 15.0. The van der Waals surface area contributed by atoms with Crippen LogP contribution in [0.25, 0.3) is 22.4 Å². The molecule has 10 nitrogen and oxygen atoms in total. The minimum absolute atomic E-state index is 0.184. The van der Waals surface area contributed by atoms with Crippen LogP contribution in [0.1, 0.15) is 0 Å². The minimum Gasteiger partial charge on any atom is -0.245 e. The first-order valence-electron chi connectivity index (χ1n) is 8.25. The Morgan fingerprint density at radius 2 is 1.45 bits per heavy atom. The molecule has 0 amide bonds. The fourth-order valence-corrected chi connectivity index (χ4v) is 5.90. The molecule has 2 aromatic carbocycles. The Bertz CT molecular complexity index is 1490. The molecule has 4 aromatic rings. The quantitative estimate of drug-likeness (QED) is 0.465. The Hall–Kier alpha value is -3.25. The fourth-order valence-electron chi connectivity index (χ4n) is 3.06. The van der Waals surface area contributed by atoms with Gasteiger partial charge in [-0.05, 0) is 24.3 Å². The third-order valence-electron chi connectivity index (χ3n) is 4.10. The smallest absolute Gasteiger partial charge is 0.245 e. The molecule has 0 unspecified atom stereocenters. The zero-order chi connectivity index (χ0) is 21.0. The number of hydrogen-bond donors (Lipinski definition) is 0. The van der Waals surface area contributed by atoms with Gasteiger partial charge in [0.1, 0.15) is 0 Å². The van der Waals surface area contributed by atoms with Gasteiger partial charge in [0.05, 0.1) is 29.2 Å². The maximum absolute atomic E-state index is 13.1. The number of fused-ring (bicyclic) bond motifs is 3. The average Bonchev–Trinajstić information content (AvgIpc) is 2.98. The van der Waals surface area contributed by atoms with Gasteiger partial charge in [0.25, 0.3) is 0 Å². The summed E-state index contributed by atoms with van der Waals surface area (Å²) in [5.41, 5.74) is 0.241. The van der Waals surface area contributed by atoms with E-state index in [0.29, 0.717) is 11.2 Å². The van der Waals surface area contributed by atoms with Crippen molar-refractivity contribution in [1.29, 1.82) is 0 Å². The van der Waals surface area contributed by atoms with E-state index in [2.05, 4.69) is 10.1 Å². The molecule has 29 heavy (non-hydrogen) atoms. The summed E-state index contributed by atoms with van der Waals surface area (Å²) in [6.45, 7) is 0. The molecule has 4 rings (SSSR count). The Kier molecular flexibility index (Phi) is 4.20. The number of aromatic nitrogens is 4. The predicted octanol–water partition coefficient (Wildman–Crippen LogP) is 0.759. The lowest BCUT2D eigenvalue weighted by molar-refractivity contribution is 0.590. The van der Waals surface area contributed by atoms with Crippen LogP contribution in [0.3, 0.4) is 0 Å². The molecule has 0 saturated heterocycles. The van der Waals surface area contributed by atoms with Gasteiger partial charge in [-0.25, -0.2) is 31.0 Å². The molecular weight excluding hydrogens is 418 g/mol. The zero-order valence-corrected chi connectivity index (χ0v) is 16.9. The lowest BCUT2D eigenvalue weighted by atomic mass is 10.3. The van der Waals surface area contributed by atoms with Gasteiger partial charge in [0, 0.05) is 0 Å². The van der Waals surface area contributed by atoms with E-state index in [4.69, 9.17) is 0 Å². The van der Waals surface area contributed by atoms with Crippen molar-refractivity contribution in [2.24, 2.45) is 0 Å². The van der Waals surface area contributed by atoms with Crippen molar-refractivity contribution >= 4 is 42.5 Å². The summed E-state index contributed by atoms with van der Waals surface area (Å²) in [4.78, 5) is 17.4. The summed E-state index contributed by atoms with van der Waals surface area (Å²) in [6.07, 6.45) is 1.49. The second-order valence-corrected chi connectivity index (χ2v) is 10.2. The highest BCUT2D eigenvalue weighted by atomic mass is 32.3. The van der Waals surface area contributed by atoms with Gasteiger partial charge in [-0.2, -0.15) is 4.68 Å². The van der Waals surface area contributed by atoms with E-state index in [1.165, 1.54) is 0 Å². The van der Waals surface area contributed by atoms with Crippen LogP contribution in [0, 0.1) is 0 Å². The molecule has 0 N–H and O–H groups in total. The lowest BCUT2D eigenvalue weighted by Crippen LogP contribution is -2.36. The average molecular weight is 433 g/mol. The molecule has 12 heteroatoms. The van der Waals surface area contributed by atoms with Gasteiger partial charge < -0.3 is 0 Å². The van der Waals surface area contributed by atoms with Gasteiger partial charge >= 0.3 is 5.69 Å². The molecule has 2 heterocycles. The predicted molar refractivity (Wildman–Crippen MR) is 108 cm³/mol. The number of rotatable bonds is 4. The molecular formula is C17H15N5O5S2. The van der Waals surface area contributed by atoms with E-state index in [9.17, 15) is 21.6 Å². The van der Waals surface area contributed by atoms with Crippen LogP contribution >= 0.6 is 0 Å². The van der Waals surface area contributed by atoms with Crippen LogP contribution < -0.4 is 9.40 Å². The van der Waals surface area contributed by atoms with Crippen LogP contribution in [-0.2, 0) is 20.0 Å². The molecule has 0 aliphatic rings. The van der Waals surface area contributed by atoms with Crippen LogP contribution in [0.2, 0.25) is 0 Å². The molecule has 0 radical (unpaired) electrons. The number of anilines is 1. The number of benzene rings is 2. The first-order valence-corrected chi connectivity index (χ1v) is 11.9. The van der Waals surface area contributed by atoms with Crippen molar-refractivity contribution in [1.82, 2.24) is 19.2 Å². The number of para-hydroxylation sites is 3. The van der Waals surface area contributed by atoms with E-state index >= 15 is 0 Å². The van der Waals surface area contributed by atoms with Crippen LogP contribution in [0.5, 0.6) is 0 Å². The zero-order valence-electron chi connectivity index (χ0n) is 15.3. The van der Waals surface area contributed by atoms with E-state index in [1.54, 1.807) is 54.6 Å². The maximum atomic E-state index is 13.1. The highest BCUT2D eigenvalue weighted by Gasteiger charge is 2.33. The summed E-state index contributed by atoms with van der Waals surface area (Å²) in [7, 11) is -8.57. The Morgan fingerprint density at radius 1 is 0.862 bits per heavy atom. The SMILES string of the molecule is CS(=O)(=O)N(c1nc2ccccc2n2c(=O)n(-c3ccccc3)nc12)S(C)(=O)=O. The van der Waals surface area contributed by atoms with Crippen molar-refractivity contribution < 1.29 is 16.8 Å². The molecule has 0 saturated carbocycles. The van der Waals surface area contributed by atoms with Gasteiger partial charge in [-0.15, -0.1) is 8.81 Å². The van der Waals surface area contributed by atoms with Crippen molar-refractivity contribution in [3.8, 4) is 5.69 Å². The van der Waals surface area contributed by atoms with Crippen molar-refractivity contribution in [2.75, 3.05) is 16.2 Å². The van der Waals surface area contributed by atoms with Crippen LogP contribution in [0.15, 0.2) is 59.4 Å². The molecule has 0 aliphatic carbocycles. The Balaban J connectivity index is 2.23. The fraction of sp³-hybridized carbons (Fsp3) is 0.118. The molecule has 0 atom stereocenters. The number of hydrogen-bond acceptors (Lipinski definition) is 7. The molecule has 2 aromatic heterocycles. The molecule has 150 valence electrons. The van der Waals surface area contributed by atoms with Gasteiger partial charge in [-0.3, -0.25) is 0 Å². The third-order valence-corrected chi connectivity index (χ3v) is 7.28. The molecule has 0 fully saturated rings. The minimum atomic E-state index is -4.29. The van der Waals surface area contributed by atoms with E-state index in [1.807, 2.05) is 0 Å². The lowest BCUT2D eigenvalue weighted by Gasteiger charge is -2.19. The Labute approximate surface area is 165 Å². The second-order valence-electron chi connectivity index (χ2n) is 6.34. The van der Waals surface area contributed by atoms with Crippen LogP contribution in [0.4, 0.5) is 5.82 Å². The number of sulfonamides is 2. The first kappa shape index (κ1) is 19.1. The van der Waals surface area contributed by atoms with Crippen LogP contribution in [-0.4, -0.2) is 48.5 Å². The molecule has 0 bridgehead atoms. The highest BCUT2D eigenvalue weighted by Crippen LogP contribution is 2.26. The largest absolute Gasteiger partial charge is 0.355 e. The number of nitrogens with zero attached hydrogens (tertiary/aromatic N) is 5. The van der Waals surface area contributed by atoms with Gasteiger partial charge in [0.15, 0.2) is 0 Å².